The monoisotopic (exact) mass is 303 g/mol. The fourth-order valence-corrected chi connectivity index (χ4v) is 2.90. The molecule has 7 heteroatoms. The van der Waals surface area contributed by atoms with E-state index in [0.29, 0.717) is 19.6 Å². The van der Waals surface area contributed by atoms with Crippen LogP contribution in [0.5, 0.6) is 0 Å². The molecule has 0 fully saturated rings. The Kier molecular flexibility index (Phi) is 4.24. The largest absolute Gasteiger partial charge is 0.383 e. The molecule has 2 aromatic heterocycles. The maximum atomic E-state index is 12.7. The highest BCUT2D eigenvalue weighted by molar-refractivity contribution is 5.78. The van der Waals surface area contributed by atoms with Crippen molar-refractivity contribution < 1.29 is 9.53 Å². The third-order valence-corrected chi connectivity index (χ3v) is 4.03. The lowest BCUT2D eigenvalue weighted by atomic mass is 10.1. The zero-order valence-electron chi connectivity index (χ0n) is 13.0. The molecule has 0 N–H and O–H groups in total. The lowest BCUT2D eigenvalue weighted by Crippen LogP contribution is -2.42. The molecule has 0 bridgehead atoms. The number of carbonyl (C=O) groups is 1. The molecule has 0 radical (unpaired) electrons. The summed E-state index contributed by atoms with van der Waals surface area (Å²) in [6.45, 7) is 1.92. The van der Waals surface area contributed by atoms with E-state index in [4.69, 9.17) is 4.74 Å². The van der Waals surface area contributed by atoms with Crippen LogP contribution in [0.3, 0.4) is 0 Å². The van der Waals surface area contributed by atoms with Gasteiger partial charge in [0.2, 0.25) is 5.91 Å². The van der Waals surface area contributed by atoms with Gasteiger partial charge in [0.15, 0.2) is 0 Å². The molecule has 1 atom stereocenters. The van der Waals surface area contributed by atoms with Crippen LogP contribution in [0.2, 0.25) is 0 Å². The second-order valence-corrected chi connectivity index (χ2v) is 5.62. The molecule has 1 amide bonds. The van der Waals surface area contributed by atoms with Crippen molar-refractivity contribution in [3.8, 4) is 0 Å². The minimum absolute atomic E-state index is 0.0721. The Hall–Kier alpha value is -2.15. The summed E-state index contributed by atoms with van der Waals surface area (Å²) in [6.07, 6.45) is 4.80. The Morgan fingerprint density at radius 1 is 1.45 bits per heavy atom. The minimum atomic E-state index is 0.0721. The van der Waals surface area contributed by atoms with E-state index in [1.807, 2.05) is 35.0 Å². The van der Waals surface area contributed by atoms with Gasteiger partial charge in [-0.2, -0.15) is 10.2 Å². The molecule has 1 unspecified atom stereocenters. The van der Waals surface area contributed by atoms with Crippen LogP contribution in [0.25, 0.3) is 0 Å². The van der Waals surface area contributed by atoms with Crippen molar-refractivity contribution in [3.05, 3.63) is 35.9 Å². The van der Waals surface area contributed by atoms with Crippen molar-refractivity contribution >= 4 is 5.91 Å². The molecule has 7 nitrogen and oxygen atoms in total. The van der Waals surface area contributed by atoms with Crippen molar-refractivity contribution in [2.24, 2.45) is 7.05 Å². The molecular formula is C15H21N5O2. The number of rotatable bonds is 4. The number of hydrogen-bond acceptors (Lipinski definition) is 4. The summed E-state index contributed by atoms with van der Waals surface area (Å²) in [5.74, 6) is 0.0791. The number of fused-ring (bicyclic) bond motifs is 1. The van der Waals surface area contributed by atoms with Gasteiger partial charge in [0.25, 0.3) is 0 Å². The molecule has 0 aromatic carbocycles. The quantitative estimate of drug-likeness (QED) is 0.830. The van der Waals surface area contributed by atoms with E-state index in [2.05, 4.69) is 10.2 Å². The molecule has 22 heavy (non-hydrogen) atoms. The van der Waals surface area contributed by atoms with Crippen molar-refractivity contribution in [2.45, 2.75) is 32.0 Å². The summed E-state index contributed by atoms with van der Waals surface area (Å²) in [5.41, 5.74) is 1.86. The molecule has 118 valence electrons. The molecule has 0 saturated heterocycles. The second kappa shape index (κ2) is 6.31. The minimum Gasteiger partial charge on any atom is -0.383 e. The Balaban J connectivity index is 1.78. The highest BCUT2D eigenvalue weighted by Crippen LogP contribution is 2.18. The molecule has 1 aliphatic rings. The Morgan fingerprint density at radius 2 is 2.32 bits per heavy atom. The number of ether oxygens (including phenoxy) is 1. The average Bonchev–Trinajstić information content (AvgIpc) is 3.06. The van der Waals surface area contributed by atoms with Gasteiger partial charge in [-0.1, -0.05) is 0 Å². The smallest absolute Gasteiger partial charge is 0.229 e. The van der Waals surface area contributed by atoms with Crippen molar-refractivity contribution in [1.29, 1.82) is 0 Å². The summed E-state index contributed by atoms with van der Waals surface area (Å²) in [7, 11) is 3.52. The van der Waals surface area contributed by atoms with Gasteiger partial charge >= 0.3 is 0 Å². The van der Waals surface area contributed by atoms with Gasteiger partial charge in [-0.25, -0.2) is 0 Å². The first-order valence-corrected chi connectivity index (χ1v) is 7.45. The van der Waals surface area contributed by atoms with E-state index >= 15 is 0 Å². The zero-order chi connectivity index (χ0) is 15.5. The lowest BCUT2D eigenvalue weighted by molar-refractivity contribution is -0.134. The Bertz CT molecular complexity index is 648. The van der Waals surface area contributed by atoms with Gasteiger partial charge in [0, 0.05) is 33.1 Å². The molecular weight excluding hydrogens is 282 g/mol. The fourth-order valence-electron chi connectivity index (χ4n) is 2.90. The number of amides is 1. The SMILES string of the molecule is COCC1CCn2nccc2CN1C(=O)Cc1ccn(C)n1. The summed E-state index contributed by atoms with van der Waals surface area (Å²) >= 11 is 0. The first-order chi connectivity index (χ1) is 10.7. The van der Waals surface area contributed by atoms with Crippen LogP contribution in [0.1, 0.15) is 17.8 Å². The number of methoxy groups -OCH3 is 1. The Labute approximate surface area is 129 Å². The first-order valence-electron chi connectivity index (χ1n) is 7.45. The van der Waals surface area contributed by atoms with Gasteiger partial charge in [0.1, 0.15) is 0 Å². The number of nitrogens with zero attached hydrogens (tertiary/aromatic N) is 5. The average molecular weight is 303 g/mol. The zero-order valence-corrected chi connectivity index (χ0v) is 13.0. The van der Waals surface area contributed by atoms with Gasteiger partial charge in [-0.15, -0.1) is 0 Å². The summed E-state index contributed by atoms with van der Waals surface area (Å²) in [6, 6.07) is 3.92. The van der Waals surface area contributed by atoms with Gasteiger partial charge in [0.05, 0.1) is 37.0 Å². The molecule has 3 heterocycles. The van der Waals surface area contributed by atoms with Crippen molar-refractivity contribution in [2.75, 3.05) is 13.7 Å². The van der Waals surface area contributed by atoms with E-state index in [0.717, 1.165) is 24.4 Å². The van der Waals surface area contributed by atoms with Gasteiger partial charge in [-0.3, -0.25) is 14.2 Å². The number of aromatic nitrogens is 4. The normalized spacial score (nSPS) is 18.1. The molecule has 3 rings (SSSR count). The highest BCUT2D eigenvalue weighted by Gasteiger charge is 2.28. The van der Waals surface area contributed by atoms with Gasteiger partial charge in [-0.05, 0) is 18.6 Å². The van der Waals surface area contributed by atoms with Crippen LogP contribution in [0.15, 0.2) is 24.5 Å². The van der Waals surface area contributed by atoms with Crippen molar-refractivity contribution in [3.63, 3.8) is 0 Å². The summed E-state index contributed by atoms with van der Waals surface area (Å²) < 4.78 is 8.99. The van der Waals surface area contributed by atoms with E-state index in [1.165, 1.54) is 0 Å². The van der Waals surface area contributed by atoms with E-state index < -0.39 is 0 Å². The van der Waals surface area contributed by atoms with E-state index in [1.54, 1.807) is 18.0 Å². The third-order valence-electron chi connectivity index (χ3n) is 4.03. The van der Waals surface area contributed by atoms with Gasteiger partial charge < -0.3 is 9.64 Å². The molecule has 2 aromatic rings. The standard InChI is InChI=1S/C15H21N5O2/c1-18-7-4-12(17-18)9-15(21)19-10-13-3-6-16-20(13)8-5-14(19)11-22-2/h3-4,6-7,14H,5,8-11H2,1-2H3. The van der Waals surface area contributed by atoms with Crippen LogP contribution in [-0.4, -0.2) is 50.1 Å². The maximum Gasteiger partial charge on any atom is 0.229 e. The van der Waals surface area contributed by atoms with Crippen LogP contribution >= 0.6 is 0 Å². The molecule has 0 aliphatic carbocycles. The summed E-state index contributed by atoms with van der Waals surface area (Å²) in [4.78, 5) is 14.6. The fraction of sp³-hybridized carbons (Fsp3) is 0.533. The van der Waals surface area contributed by atoms with Crippen molar-refractivity contribution in [1.82, 2.24) is 24.5 Å². The van der Waals surface area contributed by atoms with Crippen LogP contribution in [-0.2, 0) is 36.1 Å². The number of carbonyl (C=O) groups excluding carboxylic acids is 1. The van der Waals surface area contributed by atoms with Crippen LogP contribution in [0, 0.1) is 0 Å². The molecule has 0 saturated carbocycles. The highest BCUT2D eigenvalue weighted by atomic mass is 16.5. The van der Waals surface area contributed by atoms with E-state index in [-0.39, 0.29) is 11.9 Å². The van der Waals surface area contributed by atoms with Crippen LogP contribution < -0.4 is 0 Å². The molecule has 0 spiro atoms. The predicted molar refractivity (Wildman–Crippen MR) is 80.0 cm³/mol. The number of hydrogen-bond donors (Lipinski definition) is 0. The predicted octanol–water partition coefficient (Wildman–Crippen LogP) is 0.607. The van der Waals surface area contributed by atoms with E-state index in [9.17, 15) is 4.79 Å². The lowest BCUT2D eigenvalue weighted by Gasteiger charge is -2.29. The maximum absolute atomic E-state index is 12.7. The van der Waals surface area contributed by atoms with Crippen LogP contribution in [0.4, 0.5) is 0 Å². The summed E-state index contributed by atoms with van der Waals surface area (Å²) in [5, 5.41) is 8.61. The topological polar surface area (TPSA) is 65.2 Å². The number of aryl methyl sites for hydroxylation is 2. The first kappa shape index (κ1) is 14.8. The second-order valence-electron chi connectivity index (χ2n) is 5.62. The third kappa shape index (κ3) is 3.04. The Morgan fingerprint density at radius 3 is 3.05 bits per heavy atom. The molecule has 1 aliphatic heterocycles.